The summed E-state index contributed by atoms with van der Waals surface area (Å²) in [4.78, 5) is 2.53. The molecule has 0 atom stereocenters. The zero-order valence-electron chi connectivity index (χ0n) is 40.7. The van der Waals surface area contributed by atoms with E-state index < -0.39 is 10.8 Å². The zero-order valence-corrected chi connectivity index (χ0v) is 40.7. The van der Waals surface area contributed by atoms with Gasteiger partial charge in [-0.2, -0.15) is 0 Å². The van der Waals surface area contributed by atoms with E-state index >= 15 is 0 Å². The molecule has 2 heterocycles. The fraction of sp³-hybridized carbons (Fsp3) is 0.0278. The summed E-state index contributed by atoms with van der Waals surface area (Å²) in [7, 11) is 0. The molecule has 0 saturated heterocycles. The molecule has 16 rings (SSSR count). The molecule has 12 aromatic carbocycles. The molecule has 0 N–H and O–H groups in total. The Balaban J connectivity index is 0.951. The lowest BCUT2D eigenvalue weighted by Crippen LogP contribution is -2.32. The van der Waals surface area contributed by atoms with Gasteiger partial charge in [-0.05, 0) is 115 Å². The van der Waals surface area contributed by atoms with E-state index in [9.17, 15) is 0 Å². The van der Waals surface area contributed by atoms with Gasteiger partial charge in [-0.3, -0.25) is 0 Å². The fourth-order valence-corrected chi connectivity index (χ4v) is 13.7. The van der Waals surface area contributed by atoms with E-state index in [-0.39, 0.29) is 0 Å². The lowest BCUT2D eigenvalue weighted by molar-refractivity contribution is 0.436. The Bertz CT molecular complexity index is 4220. The lowest BCUT2D eigenvalue weighted by Gasteiger charge is -2.39. The monoisotopic (exact) mass is 955 g/mol. The van der Waals surface area contributed by atoms with Crippen LogP contribution >= 0.6 is 0 Å². The molecular formula is C72H45NO2. The largest absolute Gasteiger partial charge is 0.457 e. The Kier molecular flexibility index (Phi) is 8.88. The van der Waals surface area contributed by atoms with Gasteiger partial charge in [0.1, 0.15) is 23.0 Å². The van der Waals surface area contributed by atoms with Crippen LogP contribution < -0.4 is 14.4 Å². The minimum atomic E-state index is -0.622. The second-order valence-electron chi connectivity index (χ2n) is 20.2. The molecule has 2 aliphatic heterocycles. The minimum absolute atomic E-state index is 0.578. The highest BCUT2D eigenvalue weighted by Gasteiger charge is 2.53. The molecule has 12 aromatic rings. The number of ether oxygens (including phenoxy) is 2. The summed E-state index contributed by atoms with van der Waals surface area (Å²) in [6.07, 6.45) is 0. The summed E-state index contributed by atoms with van der Waals surface area (Å²) in [6, 6.07) is 99.9. The molecule has 0 bridgehead atoms. The van der Waals surface area contributed by atoms with E-state index in [1.807, 2.05) is 0 Å². The Labute approximate surface area is 435 Å². The molecule has 0 unspecified atom stereocenters. The Morgan fingerprint density at radius 1 is 0.240 bits per heavy atom. The molecule has 3 nitrogen and oxygen atoms in total. The van der Waals surface area contributed by atoms with Crippen molar-refractivity contribution in [3.63, 3.8) is 0 Å². The first-order chi connectivity index (χ1) is 37.2. The number of fused-ring (bicyclic) bond motifs is 20. The van der Waals surface area contributed by atoms with Crippen molar-refractivity contribution >= 4 is 27.8 Å². The molecule has 0 radical (unpaired) electrons. The molecule has 0 aromatic heterocycles. The van der Waals surface area contributed by atoms with Crippen LogP contribution in [0.25, 0.3) is 55.3 Å². The van der Waals surface area contributed by atoms with E-state index in [1.165, 1.54) is 66.6 Å². The van der Waals surface area contributed by atoms with Gasteiger partial charge in [0, 0.05) is 38.9 Å². The smallest absolute Gasteiger partial charge is 0.132 e. The molecule has 0 amide bonds. The number of nitrogens with zero attached hydrogens (tertiary/aromatic N) is 1. The van der Waals surface area contributed by atoms with Gasteiger partial charge in [-0.15, -0.1) is 0 Å². The summed E-state index contributed by atoms with van der Waals surface area (Å²) < 4.78 is 13.5. The van der Waals surface area contributed by atoms with Crippen LogP contribution in [0.2, 0.25) is 0 Å². The van der Waals surface area contributed by atoms with Crippen LogP contribution in [-0.2, 0) is 10.8 Å². The zero-order chi connectivity index (χ0) is 49.2. The first kappa shape index (κ1) is 41.9. The van der Waals surface area contributed by atoms with Gasteiger partial charge in [0.05, 0.1) is 22.2 Å². The summed E-state index contributed by atoms with van der Waals surface area (Å²) in [5, 5.41) is 2.37. The van der Waals surface area contributed by atoms with Crippen molar-refractivity contribution in [1.82, 2.24) is 0 Å². The third kappa shape index (κ3) is 5.70. The van der Waals surface area contributed by atoms with Crippen LogP contribution in [0.4, 0.5) is 17.1 Å². The molecule has 350 valence electrons. The van der Waals surface area contributed by atoms with Crippen LogP contribution in [-0.4, -0.2) is 0 Å². The van der Waals surface area contributed by atoms with Crippen LogP contribution in [0.15, 0.2) is 273 Å². The second kappa shape index (κ2) is 15.9. The molecule has 4 aliphatic rings. The van der Waals surface area contributed by atoms with Crippen LogP contribution in [0.1, 0.15) is 44.5 Å². The maximum atomic E-state index is 6.76. The highest BCUT2D eigenvalue weighted by Crippen LogP contribution is 2.66. The predicted octanol–water partition coefficient (Wildman–Crippen LogP) is 18.6. The van der Waals surface area contributed by atoms with E-state index in [0.29, 0.717) is 0 Å². The van der Waals surface area contributed by atoms with E-state index in [4.69, 9.17) is 9.47 Å². The van der Waals surface area contributed by atoms with Crippen LogP contribution in [0.3, 0.4) is 0 Å². The number of benzene rings is 12. The predicted molar refractivity (Wildman–Crippen MR) is 304 cm³/mol. The van der Waals surface area contributed by atoms with E-state index in [2.05, 4.69) is 278 Å². The number of para-hydroxylation sites is 4. The molecule has 0 saturated carbocycles. The normalized spacial score (nSPS) is 14.0. The molecular weight excluding hydrogens is 911 g/mol. The van der Waals surface area contributed by atoms with Gasteiger partial charge in [0.2, 0.25) is 0 Å². The van der Waals surface area contributed by atoms with Crippen LogP contribution in [0, 0.1) is 0 Å². The van der Waals surface area contributed by atoms with Gasteiger partial charge in [-0.1, -0.05) is 224 Å². The molecule has 75 heavy (non-hydrogen) atoms. The summed E-state index contributed by atoms with van der Waals surface area (Å²) >= 11 is 0. The Hall–Kier alpha value is -9.70. The highest BCUT2D eigenvalue weighted by molar-refractivity contribution is 6.11. The lowest BCUT2D eigenvalue weighted by atomic mass is 9.66. The summed E-state index contributed by atoms with van der Waals surface area (Å²) in [5.41, 5.74) is 21.3. The van der Waals surface area contributed by atoms with E-state index in [1.54, 1.807) is 0 Å². The van der Waals surface area contributed by atoms with Crippen molar-refractivity contribution in [2.75, 3.05) is 4.90 Å². The van der Waals surface area contributed by atoms with Crippen LogP contribution in [0.5, 0.6) is 23.0 Å². The SMILES string of the molecule is c1ccc(-c2ccc(-c3ccc(N(c4cccc5c4-c4ccccc4C54c5ccccc5Oc5ccccc54)c4cccc5c6c(ccc45)C4(c5ccccc5Oc5ccccc54)c4ccccc4-6)cc3)cc2)cc1. The Morgan fingerprint density at radius 2 is 0.627 bits per heavy atom. The molecule has 2 aliphatic carbocycles. The van der Waals surface area contributed by atoms with Crippen molar-refractivity contribution in [2.24, 2.45) is 0 Å². The third-order valence-corrected chi connectivity index (χ3v) is 16.6. The average Bonchev–Trinajstić information content (AvgIpc) is 3.98. The topological polar surface area (TPSA) is 21.7 Å². The number of hydrogen-bond donors (Lipinski definition) is 0. The molecule has 2 spiro atoms. The second-order valence-corrected chi connectivity index (χ2v) is 20.2. The fourth-order valence-electron chi connectivity index (χ4n) is 13.7. The van der Waals surface area contributed by atoms with Gasteiger partial charge in [0.15, 0.2) is 0 Å². The highest BCUT2D eigenvalue weighted by atomic mass is 16.5. The van der Waals surface area contributed by atoms with Gasteiger partial charge < -0.3 is 14.4 Å². The van der Waals surface area contributed by atoms with Crippen molar-refractivity contribution in [3.8, 4) is 67.5 Å². The quantitative estimate of drug-likeness (QED) is 0.172. The maximum Gasteiger partial charge on any atom is 0.132 e. The molecule has 3 heteroatoms. The van der Waals surface area contributed by atoms with Crippen molar-refractivity contribution in [3.05, 3.63) is 317 Å². The van der Waals surface area contributed by atoms with Gasteiger partial charge in [0.25, 0.3) is 0 Å². The van der Waals surface area contributed by atoms with Gasteiger partial charge >= 0.3 is 0 Å². The first-order valence-electron chi connectivity index (χ1n) is 25.9. The van der Waals surface area contributed by atoms with Gasteiger partial charge in [-0.25, -0.2) is 0 Å². The summed E-state index contributed by atoms with van der Waals surface area (Å²) in [6.45, 7) is 0. The number of hydrogen-bond acceptors (Lipinski definition) is 3. The van der Waals surface area contributed by atoms with Crippen molar-refractivity contribution in [1.29, 1.82) is 0 Å². The number of anilines is 3. The molecule has 0 fully saturated rings. The van der Waals surface area contributed by atoms with Crippen molar-refractivity contribution in [2.45, 2.75) is 10.8 Å². The van der Waals surface area contributed by atoms with E-state index in [0.717, 1.165) is 73.3 Å². The maximum absolute atomic E-state index is 6.76. The average molecular weight is 956 g/mol. The number of rotatable bonds is 5. The minimum Gasteiger partial charge on any atom is -0.457 e. The van der Waals surface area contributed by atoms with Crippen molar-refractivity contribution < 1.29 is 9.47 Å². The third-order valence-electron chi connectivity index (χ3n) is 16.6. The summed E-state index contributed by atoms with van der Waals surface area (Å²) in [5.74, 6) is 3.54. The Morgan fingerprint density at radius 3 is 1.16 bits per heavy atom. The standard InChI is InChI=1S/C72H45NO2/c1-2-18-46(19-3-1)47-36-38-48(39-37-47)49-40-42-50(43-41-49)73(64-31-17-29-61-70(64)54-21-5-7-24-56(54)71(61)57-25-8-12-32-65(57)74-66-33-13-9-26-58(66)71)63-30-16-22-52-51(63)44-45-62-69(52)53-20-4-6-23-55(53)72(62)59-27-10-14-34-67(59)75-68-35-15-11-28-60(68)72/h1-45H. The first-order valence-corrected chi connectivity index (χ1v) is 25.9.